The van der Waals surface area contributed by atoms with Crippen molar-refractivity contribution < 1.29 is 4.79 Å². The molecular weight excluding hydrogens is 312 g/mol. The summed E-state index contributed by atoms with van der Waals surface area (Å²) in [6.45, 7) is 6.58. The standard InChI is InChI=1S/C20H26N4O/c1-16-6-4-7-17(14-16)15-23(3)20(25)18-8-5-9-19(21-18)24-12-10-22(2)11-13-24/h4-9,14H,10-13,15H2,1-3H3. The Labute approximate surface area is 149 Å². The van der Waals surface area contributed by atoms with E-state index in [0.29, 0.717) is 12.2 Å². The highest BCUT2D eigenvalue weighted by Crippen LogP contribution is 2.15. The Hall–Kier alpha value is -2.40. The molecule has 5 heteroatoms. The van der Waals surface area contributed by atoms with Crippen LogP contribution in [0.2, 0.25) is 0 Å². The molecule has 0 N–H and O–H groups in total. The SMILES string of the molecule is Cc1cccc(CN(C)C(=O)c2cccc(N3CCN(C)CC3)n2)c1. The number of rotatable bonds is 4. The van der Waals surface area contributed by atoms with Crippen molar-refractivity contribution in [1.82, 2.24) is 14.8 Å². The molecular formula is C20H26N4O. The van der Waals surface area contributed by atoms with Crippen LogP contribution in [0.1, 0.15) is 21.6 Å². The third-order valence-corrected chi connectivity index (χ3v) is 4.63. The second-order valence-electron chi connectivity index (χ2n) is 6.82. The van der Waals surface area contributed by atoms with E-state index in [2.05, 4.69) is 40.9 Å². The van der Waals surface area contributed by atoms with E-state index in [0.717, 1.165) is 37.6 Å². The summed E-state index contributed by atoms with van der Waals surface area (Å²) in [7, 11) is 3.96. The lowest BCUT2D eigenvalue weighted by Crippen LogP contribution is -2.45. The zero-order valence-electron chi connectivity index (χ0n) is 15.3. The van der Waals surface area contributed by atoms with Crippen LogP contribution in [-0.2, 0) is 6.54 Å². The molecule has 3 rings (SSSR count). The maximum atomic E-state index is 12.8. The van der Waals surface area contributed by atoms with Crippen LogP contribution in [-0.4, -0.2) is 61.0 Å². The normalized spacial score (nSPS) is 15.2. The van der Waals surface area contributed by atoms with Gasteiger partial charge >= 0.3 is 0 Å². The molecule has 0 atom stereocenters. The molecule has 25 heavy (non-hydrogen) atoms. The minimum atomic E-state index is -0.0440. The first-order valence-corrected chi connectivity index (χ1v) is 8.74. The monoisotopic (exact) mass is 338 g/mol. The number of hydrogen-bond acceptors (Lipinski definition) is 4. The highest BCUT2D eigenvalue weighted by Gasteiger charge is 2.18. The van der Waals surface area contributed by atoms with Crippen LogP contribution < -0.4 is 4.90 Å². The first kappa shape index (κ1) is 17.4. The van der Waals surface area contributed by atoms with Crippen molar-refractivity contribution in [2.75, 3.05) is 45.2 Å². The molecule has 1 aliphatic rings. The third-order valence-electron chi connectivity index (χ3n) is 4.63. The van der Waals surface area contributed by atoms with Gasteiger partial charge < -0.3 is 14.7 Å². The number of carbonyl (C=O) groups excluding carboxylic acids is 1. The number of aromatic nitrogens is 1. The minimum Gasteiger partial charge on any atom is -0.354 e. The molecule has 1 fully saturated rings. The Morgan fingerprint density at radius 1 is 1.12 bits per heavy atom. The Morgan fingerprint density at radius 3 is 2.56 bits per heavy atom. The quantitative estimate of drug-likeness (QED) is 0.858. The van der Waals surface area contributed by atoms with Crippen molar-refractivity contribution in [2.24, 2.45) is 0 Å². The van der Waals surface area contributed by atoms with Crippen molar-refractivity contribution in [3.05, 3.63) is 59.3 Å². The van der Waals surface area contributed by atoms with Crippen LogP contribution in [0, 0.1) is 6.92 Å². The van der Waals surface area contributed by atoms with Crippen LogP contribution in [0.3, 0.4) is 0 Å². The zero-order chi connectivity index (χ0) is 17.8. The maximum Gasteiger partial charge on any atom is 0.272 e. The largest absolute Gasteiger partial charge is 0.354 e. The van der Waals surface area contributed by atoms with E-state index in [1.54, 1.807) is 11.0 Å². The fourth-order valence-corrected chi connectivity index (χ4v) is 3.11. The first-order chi connectivity index (χ1) is 12.0. The molecule has 132 valence electrons. The lowest BCUT2D eigenvalue weighted by atomic mass is 10.1. The molecule has 0 bridgehead atoms. The van der Waals surface area contributed by atoms with Gasteiger partial charge in [0.2, 0.25) is 0 Å². The van der Waals surface area contributed by atoms with Crippen LogP contribution in [0.5, 0.6) is 0 Å². The topological polar surface area (TPSA) is 39.7 Å². The maximum absolute atomic E-state index is 12.8. The van der Waals surface area contributed by atoms with Crippen LogP contribution in [0.15, 0.2) is 42.5 Å². The predicted molar refractivity (Wildman–Crippen MR) is 101 cm³/mol. The van der Waals surface area contributed by atoms with Crippen LogP contribution >= 0.6 is 0 Å². The van der Waals surface area contributed by atoms with Gasteiger partial charge in [-0.05, 0) is 31.7 Å². The Morgan fingerprint density at radius 2 is 1.84 bits per heavy atom. The van der Waals surface area contributed by atoms with Gasteiger partial charge in [-0.2, -0.15) is 0 Å². The summed E-state index contributed by atoms with van der Waals surface area (Å²) in [4.78, 5) is 23.7. The fraction of sp³-hybridized carbons (Fsp3) is 0.400. The van der Waals surface area contributed by atoms with E-state index in [4.69, 9.17) is 0 Å². The molecule has 1 aliphatic heterocycles. The molecule has 0 radical (unpaired) electrons. The Bertz CT molecular complexity index is 738. The van der Waals surface area contributed by atoms with Crippen LogP contribution in [0.25, 0.3) is 0 Å². The number of pyridine rings is 1. The van der Waals surface area contributed by atoms with E-state index < -0.39 is 0 Å². The van der Waals surface area contributed by atoms with Gasteiger partial charge in [0, 0.05) is 39.8 Å². The summed E-state index contributed by atoms with van der Waals surface area (Å²) in [5.74, 6) is 0.848. The summed E-state index contributed by atoms with van der Waals surface area (Å²) in [5.41, 5.74) is 2.84. The van der Waals surface area contributed by atoms with Gasteiger partial charge in [0.15, 0.2) is 0 Å². The molecule has 5 nitrogen and oxygen atoms in total. The van der Waals surface area contributed by atoms with Crippen molar-refractivity contribution in [3.63, 3.8) is 0 Å². The number of benzene rings is 1. The highest BCUT2D eigenvalue weighted by molar-refractivity contribution is 5.92. The second kappa shape index (κ2) is 7.66. The van der Waals surface area contributed by atoms with Gasteiger partial charge in [-0.1, -0.05) is 35.9 Å². The van der Waals surface area contributed by atoms with Crippen molar-refractivity contribution in [2.45, 2.75) is 13.5 Å². The Balaban J connectivity index is 1.70. The number of likely N-dealkylation sites (N-methyl/N-ethyl adjacent to an activating group) is 1. The lowest BCUT2D eigenvalue weighted by molar-refractivity contribution is 0.0779. The number of amides is 1. The number of nitrogens with zero attached hydrogens (tertiary/aromatic N) is 4. The van der Waals surface area contributed by atoms with E-state index in [9.17, 15) is 4.79 Å². The average Bonchev–Trinajstić information content (AvgIpc) is 2.62. The third kappa shape index (κ3) is 4.37. The van der Waals surface area contributed by atoms with Gasteiger partial charge in [0.1, 0.15) is 11.5 Å². The molecule has 0 spiro atoms. The van der Waals surface area contributed by atoms with Crippen molar-refractivity contribution >= 4 is 11.7 Å². The minimum absolute atomic E-state index is 0.0440. The lowest BCUT2D eigenvalue weighted by Gasteiger charge is -2.33. The molecule has 0 saturated carbocycles. The number of aryl methyl sites for hydroxylation is 1. The number of carbonyl (C=O) groups is 1. The van der Waals surface area contributed by atoms with Gasteiger partial charge in [0.05, 0.1) is 0 Å². The van der Waals surface area contributed by atoms with E-state index in [1.165, 1.54) is 5.56 Å². The highest BCUT2D eigenvalue weighted by atomic mass is 16.2. The summed E-state index contributed by atoms with van der Waals surface area (Å²) in [6.07, 6.45) is 0. The summed E-state index contributed by atoms with van der Waals surface area (Å²) < 4.78 is 0. The predicted octanol–water partition coefficient (Wildman–Crippen LogP) is 2.41. The van der Waals surface area contributed by atoms with E-state index in [-0.39, 0.29) is 5.91 Å². The number of hydrogen-bond donors (Lipinski definition) is 0. The summed E-state index contributed by atoms with van der Waals surface area (Å²) in [5, 5.41) is 0. The van der Waals surface area contributed by atoms with Gasteiger partial charge in [0.25, 0.3) is 5.91 Å². The fourth-order valence-electron chi connectivity index (χ4n) is 3.11. The molecule has 1 aromatic heterocycles. The van der Waals surface area contributed by atoms with Gasteiger partial charge in [-0.15, -0.1) is 0 Å². The number of piperazine rings is 1. The molecule has 2 aromatic rings. The van der Waals surface area contributed by atoms with Crippen molar-refractivity contribution in [1.29, 1.82) is 0 Å². The van der Waals surface area contributed by atoms with Crippen molar-refractivity contribution in [3.8, 4) is 0 Å². The molecule has 1 aromatic carbocycles. The first-order valence-electron chi connectivity index (χ1n) is 8.74. The van der Waals surface area contributed by atoms with E-state index >= 15 is 0 Å². The Kier molecular flexibility index (Phi) is 5.34. The smallest absolute Gasteiger partial charge is 0.272 e. The van der Waals surface area contributed by atoms with Crippen LogP contribution in [0.4, 0.5) is 5.82 Å². The second-order valence-corrected chi connectivity index (χ2v) is 6.82. The van der Waals surface area contributed by atoms with Gasteiger partial charge in [-0.25, -0.2) is 4.98 Å². The molecule has 2 heterocycles. The average molecular weight is 338 g/mol. The molecule has 1 amide bonds. The number of anilines is 1. The van der Waals surface area contributed by atoms with Gasteiger partial charge in [-0.3, -0.25) is 4.79 Å². The zero-order valence-corrected chi connectivity index (χ0v) is 15.3. The molecule has 0 unspecified atom stereocenters. The van der Waals surface area contributed by atoms with E-state index in [1.807, 2.05) is 31.3 Å². The summed E-state index contributed by atoms with van der Waals surface area (Å²) >= 11 is 0. The summed E-state index contributed by atoms with van der Waals surface area (Å²) in [6, 6.07) is 14.0. The molecule has 0 aliphatic carbocycles. The molecule has 1 saturated heterocycles.